The second-order valence-electron chi connectivity index (χ2n) is 5.37. The molecule has 2 rings (SSSR count). The fraction of sp³-hybridized carbons (Fsp3) is 0.562. The largest absolute Gasteiger partial charge is 0.484 e. The van der Waals surface area contributed by atoms with Gasteiger partial charge in [-0.05, 0) is 56.1 Å². The summed E-state index contributed by atoms with van der Waals surface area (Å²) in [6.45, 7) is 5.94. The lowest BCUT2D eigenvalue weighted by Crippen LogP contribution is -2.42. The molecule has 4 nitrogen and oxygen atoms in total. The Balaban J connectivity index is 1.71. The minimum Gasteiger partial charge on any atom is -0.484 e. The van der Waals surface area contributed by atoms with Gasteiger partial charge in [0.2, 0.25) is 0 Å². The standard InChI is InChI=1S/C16H23ClN2O2/c1-2-18-11-13-7-9-19(10-8-13)16(20)12-21-15-5-3-14(17)4-6-15/h3-6,13,18H,2,7-12H2,1H3. The van der Waals surface area contributed by atoms with Crippen LogP contribution in [0.25, 0.3) is 0 Å². The van der Waals surface area contributed by atoms with Crippen molar-refractivity contribution in [1.82, 2.24) is 10.2 Å². The lowest BCUT2D eigenvalue weighted by Gasteiger charge is -2.32. The zero-order valence-corrected chi connectivity index (χ0v) is 13.2. The Bertz CT molecular complexity index is 442. The van der Waals surface area contributed by atoms with E-state index in [-0.39, 0.29) is 12.5 Å². The van der Waals surface area contributed by atoms with Gasteiger partial charge in [0.25, 0.3) is 5.91 Å². The molecule has 1 aromatic carbocycles. The molecule has 116 valence electrons. The molecule has 0 aliphatic carbocycles. The van der Waals surface area contributed by atoms with Gasteiger partial charge >= 0.3 is 0 Å². The maximum absolute atomic E-state index is 12.1. The van der Waals surface area contributed by atoms with Crippen LogP contribution in [0.2, 0.25) is 5.02 Å². The van der Waals surface area contributed by atoms with Crippen molar-refractivity contribution in [3.05, 3.63) is 29.3 Å². The molecule has 21 heavy (non-hydrogen) atoms. The summed E-state index contributed by atoms with van der Waals surface area (Å²) in [5.74, 6) is 1.42. The van der Waals surface area contributed by atoms with Crippen LogP contribution < -0.4 is 10.1 Å². The maximum atomic E-state index is 12.1. The van der Waals surface area contributed by atoms with Crippen LogP contribution in [-0.2, 0) is 4.79 Å². The van der Waals surface area contributed by atoms with Gasteiger partial charge in [-0.15, -0.1) is 0 Å². The predicted octanol–water partition coefficient (Wildman–Crippen LogP) is 2.57. The monoisotopic (exact) mass is 310 g/mol. The van der Waals surface area contributed by atoms with Crippen molar-refractivity contribution < 1.29 is 9.53 Å². The van der Waals surface area contributed by atoms with Crippen LogP contribution in [0, 0.1) is 5.92 Å². The van der Waals surface area contributed by atoms with Gasteiger partial charge in [0.05, 0.1) is 0 Å². The molecular formula is C16H23ClN2O2. The summed E-state index contributed by atoms with van der Waals surface area (Å²) >= 11 is 5.81. The first kappa shape index (κ1) is 16.1. The summed E-state index contributed by atoms with van der Waals surface area (Å²) in [7, 11) is 0. The number of benzene rings is 1. The van der Waals surface area contributed by atoms with E-state index < -0.39 is 0 Å². The molecule has 1 aliphatic heterocycles. The Morgan fingerprint density at radius 3 is 2.62 bits per heavy atom. The quantitative estimate of drug-likeness (QED) is 0.878. The van der Waals surface area contributed by atoms with Gasteiger partial charge in [-0.2, -0.15) is 0 Å². The van der Waals surface area contributed by atoms with E-state index in [9.17, 15) is 4.79 Å². The molecule has 0 spiro atoms. The number of nitrogens with zero attached hydrogens (tertiary/aromatic N) is 1. The minimum atomic E-state index is 0.0619. The Kier molecular flexibility index (Phi) is 6.33. The number of amides is 1. The summed E-state index contributed by atoms with van der Waals surface area (Å²) < 4.78 is 5.51. The van der Waals surface area contributed by atoms with Crippen LogP contribution >= 0.6 is 11.6 Å². The summed E-state index contributed by atoms with van der Waals surface area (Å²) in [5, 5.41) is 4.04. The molecule has 0 atom stereocenters. The zero-order chi connectivity index (χ0) is 15.1. The smallest absolute Gasteiger partial charge is 0.260 e. The lowest BCUT2D eigenvalue weighted by molar-refractivity contribution is -0.134. The number of rotatable bonds is 6. The first-order valence-electron chi connectivity index (χ1n) is 7.56. The van der Waals surface area contributed by atoms with E-state index in [4.69, 9.17) is 16.3 Å². The van der Waals surface area contributed by atoms with Crippen LogP contribution in [-0.4, -0.2) is 43.6 Å². The third-order valence-corrected chi connectivity index (χ3v) is 4.08. The highest BCUT2D eigenvalue weighted by molar-refractivity contribution is 6.30. The highest BCUT2D eigenvalue weighted by Gasteiger charge is 2.22. The van der Waals surface area contributed by atoms with Crippen molar-refractivity contribution in [3.8, 4) is 5.75 Å². The Labute approximate surface area is 131 Å². The molecule has 1 aliphatic rings. The van der Waals surface area contributed by atoms with E-state index in [2.05, 4.69) is 12.2 Å². The number of piperidine rings is 1. The van der Waals surface area contributed by atoms with Crippen molar-refractivity contribution in [2.75, 3.05) is 32.8 Å². The molecule has 0 unspecified atom stereocenters. The molecule has 1 N–H and O–H groups in total. The number of ether oxygens (including phenoxy) is 1. The molecular weight excluding hydrogens is 288 g/mol. The third-order valence-electron chi connectivity index (χ3n) is 3.83. The third kappa shape index (κ3) is 5.21. The van der Waals surface area contributed by atoms with Gasteiger partial charge in [-0.25, -0.2) is 0 Å². The van der Waals surface area contributed by atoms with Crippen molar-refractivity contribution in [2.24, 2.45) is 5.92 Å². The second-order valence-corrected chi connectivity index (χ2v) is 5.81. The van der Waals surface area contributed by atoms with Crippen LogP contribution in [0.5, 0.6) is 5.75 Å². The molecule has 0 saturated carbocycles. The van der Waals surface area contributed by atoms with E-state index >= 15 is 0 Å². The molecule has 1 fully saturated rings. The van der Waals surface area contributed by atoms with Crippen LogP contribution in [0.3, 0.4) is 0 Å². The second kappa shape index (κ2) is 8.25. The SMILES string of the molecule is CCNCC1CCN(C(=O)COc2ccc(Cl)cc2)CC1. The number of hydrogen-bond acceptors (Lipinski definition) is 3. The predicted molar refractivity (Wildman–Crippen MR) is 84.8 cm³/mol. The summed E-state index contributed by atoms with van der Waals surface area (Å²) in [6, 6.07) is 7.07. The maximum Gasteiger partial charge on any atom is 0.260 e. The normalized spacial score (nSPS) is 16.0. The van der Waals surface area contributed by atoms with E-state index in [0.717, 1.165) is 39.0 Å². The highest BCUT2D eigenvalue weighted by Crippen LogP contribution is 2.18. The summed E-state index contributed by atoms with van der Waals surface area (Å²) in [4.78, 5) is 14.0. The topological polar surface area (TPSA) is 41.6 Å². The molecule has 0 bridgehead atoms. The van der Waals surface area contributed by atoms with E-state index in [0.29, 0.717) is 16.7 Å². The number of carbonyl (C=O) groups excluding carboxylic acids is 1. The fourth-order valence-electron chi connectivity index (χ4n) is 2.50. The van der Waals surface area contributed by atoms with Gasteiger partial charge in [-0.3, -0.25) is 4.79 Å². The van der Waals surface area contributed by atoms with Crippen molar-refractivity contribution in [1.29, 1.82) is 0 Å². The van der Waals surface area contributed by atoms with Gasteiger partial charge < -0.3 is 15.0 Å². The van der Waals surface area contributed by atoms with E-state index in [1.807, 2.05) is 4.90 Å². The number of hydrogen-bond donors (Lipinski definition) is 1. The summed E-state index contributed by atoms with van der Waals surface area (Å²) in [5.41, 5.74) is 0. The Morgan fingerprint density at radius 2 is 2.00 bits per heavy atom. The van der Waals surface area contributed by atoms with Crippen LogP contribution in [0.4, 0.5) is 0 Å². The number of halogens is 1. The number of likely N-dealkylation sites (tertiary alicyclic amines) is 1. The van der Waals surface area contributed by atoms with E-state index in [1.165, 1.54) is 0 Å². The van der Waals surface area contributed by atoms with Gasteiger partial charge in [0.1, 0.15) is 5.75 Å². The van der Waals surface area contributed by atoms with Gasteiger partial charge in [0, 0.05) is 18.1 Å². The zero-order valence-electron chi connectivity index (χ0n) is 12.5. The molecule has 1 heterocycles. The minimum absolute atomic E-state index is 0.0619. The van der Waals surface area contributed by atoms with Crippen molar-refractivity contribution in [3.63, 3.8) is 0 Å². The molecule has 0 aromatic heterocycles. The first-order valence-corrected chi connectivity index (χ1v) is 7.93. The fourth-order valence-corrected chi connectivity index (χ4v) is 2.63. The molecule has 1 aromatic rings. The lowest BCUT2D eigenvalue weighted by atomic mass is 9.97. The van der Waals surface area contributed by atoms with Crippen LogP contribution in [0.1, 0.15) is 19.8 Å². The Morgan fingerprint density at radius 1 is 1.33 bits per heavy atom. The number of nitrogens with one attached hydrogen (secondary N) is 1. The molecule has 1 saturated heterocycles. The highest BCUT2D eigenvalue weighted by atomic mass is 35.5. The van der Waals surface area contributed by atoms with Gasteiger partial charge in [-0.1, -0.05) is 18.5 Å². The van der Waals surface area contributed by atoms with E-state index in [1.54, 1.807) is 24.3 Å². The summed E-state index contributed by atoms with van der Waals surface area (Å²) in [6.07, 6.45) is 2.14. The molecule has 0 radical (unpaired) electrons. The van der Waals surface area contributed by atoms with Crippen LogP contribution in [0.15, 0.2) is 24.3 Å². The van der Waals surface area contributed by atoms with Crippen molar-refractivity contribution >= 4 is 17.5 Å². The van der Waals surface area contributed by atoms with Crippen molar-refractivity contribution in [2.45, 2.75) is 19.8 Å². The number of carbonyl (C=O) groups is 1. The Hall–Kier alpha value is -1.26. The van der Waals surface area contributed by atoms with Gasteiger partial charge in [0.15, 0.2) is 6.61 Å². The average molecular weight is 311 g/mol. The first-order chi connectivity index (χ1) is 10.2. The average Bonchev–Trinajstić information content (AvgIpc) is 2.52. The molecule has 1 amide bonds. The molecule has 5 heteroatoms.